The van der Waals surface area contributed by atoms with Gasteiger partial charge in [-0.25, -0.2) is 0 Å². The van der Waals surface area contributed by atoms with Crippen LogP contribution in [0.5, 0.6) is 0 Å². The summed E-state index contributed by atoms with van der Waals surface area (Å²) in [7, 11) is 0. The summed E-state index contributed by atoms with van der Waals surface area (Å²) in [6.45, 7) is 4.75. The van der Waals surface area contributed by atoms with E-state index in [0.29, 0.717) is 0 Å². The Labute approximate surface area is 290 Å². The zero-order chi connectivity index (χ0) is 33.1. The van der Waals surface area contributed by atoms with Crippen molar-refractivity contribution in [3.8, 4) is 33.4 Å². The van der Waals surface area contributed by atoms with E-state index in [1.54, 1.807) is 0 Å². The molecular weight excluding hydrogens is 605 g/mol. The molecule has 0 fully saturated rings. The van der Waals surface area contributed by atoms with Gasteiger partial charge in [0.2, 0.25) is 0 Å². The molecular formula is C49H32O. The van der Waals surface area contributed by atoms with E-state index in [1.807, 2.05) is 12.1 Å². The summed E-state index contributed by atoms with van der Waals surface area (Å²) in [6, 6.07) is 58.0. The van der Waals surface area contributed by atoms with Crippen molar-refractivity contribution in [3.63, 3.8) is 0 Å². The maximum absolute atomic E-state index is 6.40. The normalized spacial score (nSPS) is 13.6. The zero-order valence-electron chi connectivity index (χ0n) is 27.9. The summed E-state index contributed by atoms with van der Waals surface area (Å²) in [5.41, 5.74) is 12.0. The molecule has 9 aromatic carbocycles. The van der Waals surface area contributed by atoms with E-state index in [4.69, 9.17) is 4.42 Å². The van der Waals surface area contributed by atoms with Crippen LogP contribution in [0.2, 0.25) is 0 Å². The lowest BCUT2D eigenvalue weighted by molar-refractivity contribution is 0.663. The lowest BCUT2D eigenvalue weighted by Gasteiger charge is -2.21. The topological polar surface area (TPSA) is 13.1 Å². The summed E-state index contributed by atoms with van der Waals surface area (Å²) >= 11 is 0. The minimum absolute atomic E-state index is 0.0317. The molecule has 1 aliphatic carbocycles. The van der Waals surface area contributed by atoms with Crippen LogP contribution in [0, 0.1) is 0 Å². The molecule has 50 heavy (non-hydrogen) atoms. The third kappa shape index (κ3) is 3.62. The van der Waals surface area contributed by atoms with Crippen molar-refractivity contribution in [3.05, 3.63) is 169 Å². The Hall–Kier alpha value is -6.18. The Morgan fingerprint density at radius 2 is 0.940 bits per heavy atom. The molecule has 0 radical (unpaired) electrons. The van der Waals surface area contributed by atoms with Crippen LogP contribution in [0.1, 0.15) is 25.0 Å². The van der Waals surface area contributed by atoms with E-state index >= 15 is 0 Å². The first-order chi connectivity index (χ1) is 24.6. The summed E-state index contributed by atoms with van der Waals surface area (Å²) in [4.78, 5) is 0. The molecule has 10 aromatic rings. The van der Waals surface area contributed by atoms with Gasteiger partial charge in [0.05, 0.1) is 0 Å². The Morgan fingerprint density at radius 3 is 1.66 bits per heavy atom. The highest BCUT2D eigenvalue weighted by molar-refractivity contribution is 6.27. The number of hydrogen-bond donors (Lipinski definition) is 0. The maximum atomic E-state index is 6.40. The Morgan fingerprint density at radius 1 is 0.400 bits per heavy atom. The molecule has 1 aliphatic rings. The van der Waals surface area contributed by atoms with Gasteiger partial charge in [-0.1, -0.05) is 159 Å². The second-order valence-electron chi connectivity index (χ2n) is 14.4. The van der Waals surface area contributed by atoms with E-state index in [1.165, 1.54) is 76.5 Å². The van der Waals surface area contributed by atoms with Crippen LogP contribution in [0.25, 0.3) is 98.4 Å². The van der Waals surface area contributed by atoms with E-state index in [0.717, 1.165) is 33.1 Å². The lowest BCUT2D eigenvalue weighted by Crippen LogP contribution is -2.14. The van der Waals surface area contributed by atoms with Crippen LogP contribution < -0.4 is 0 Å². The highest BCUT2D eigenvalue weighted by Crippen LogP contribution is 2.53. The average Bonchev–Trinajstić information content (AvgIpc) is 3.66. The summed E-state index contributed by atoms with van der Waals surface area (Å²) < 4.78 is 6.40. The number of hydrogen-bond acceptors (Lipinski definition) is 1. The van der Waals surface area contributed by atoms with E-state index in [-0.39, 0.29) is 5.41 Å². The largest absolute Gasteiger partial charge is 0.455 e. The van der Waals surface area contributed by atoms with Gasteiger partial charge in [0.25, 0.3) is 0 Å². The second-order valence-corrected chi connectivity index (χ2v) is 14.4. The fourth-order valence-electron chi connectivity index (χ4n) is 9.16. The first-order valence-electron chi connectivity index (χ1n) is 17.5. The molecule has 0 unspecified atom stereocenters. The van der Waals surface area contributed by atoms with E-state index in [2.05, 4.69) is 159 Å². The van der Waals surface area contributed by atoms with Crippen LogP contribution in [0.4, 0.5) is 0 Å². The molecule has 234 valence electrons. The number of furan rings is 1. The van der Waals surface area contributed by atoms with Gasteiger partial charge in [-0.3, -0.25) is 0 Å². The summed E-state index contributed by atoms with van der Waals surface area (Å²) in [5, 5.41) is 12.9. The molecule has 1 aromatic heterocycles. The van der Waals surface area contributed by atoms with Crippen molar-refractivity contribution < 1.29 is 4.42 Å². The molecule has 1 heteroatoms. The maximum Gasteiger partial charge on any atom is 0.143 e. The first kappa shape index (κ1) is 27.7. The highest BCUT2D eigenvalue weighted by Gasteiger charge is 2.34. The smallest absolute Gasteiger partial charge is 0.143 e. The van der Waals surface area contributed by atoms with Gasteiger partial charge in [0.15, 0.2) is 0 Å². The first-order valence-corrected chi connectivity index (χ1v) is 17.5. The Kier molecular flexibility index (Phi) is 5.51. The average molecular weight is 637 g/mol. The predicted molar refractivity (Wildman–Crippen MR) is 212 cm³/mol. The Balaban J connectivity index is 1.16. The minimum Gasteiger partial charge on any atom is -0.455 e. The van der Waals surface area contributed by atoms with Crippen LogP contribution >= 0.6 is 0 Å². The molecule has 0 aliphatic heterocycles. The van der Waals surface area contributed by atoms with Crippen molar-refractivity contribution in [2.24, 2.45) is 0 Å². The number of fused-ring (bicyclic) bond motifs is 5. The fraction of sp³-hybridized carbons (Fsp3) is 0.0612. The monoisotopic (exact) mass is 636 g/mol. The minimum atomic E-state index is -0.0317. The molecule has 1 nitrogen and oxygen atoms in total. The standard InChI is InChI=1S/C49H32O/c1-49(2)41-21-9-12-31-28-40(38-19-11-22-42(49)47(38)45(31)41)46-36-16-5-3-14-34(36)44(35-15-4-6-17-37(35)46)30-26-24-29(25-27-30)32-18-10-20-39-33-13-7-8-23-43(33)50-48(32)39/h3-28H,1-2H3. The number of benzene rings is 9. The quantitative estimate of drug-likeness (QED) is 0.139. The van der Waals surface area contributed by atoms with Crippen LogP contribution in [-0.2, 0) is 5.41 Å². The summed E-state index contributed by atoms with van der Waals surface area (Å²) in [6.07, 6.45) is 0. The molecule has 0 saturated carbocycles. The van der Waals surface area contributed by atoms with Gasteiger partial charge in [-0.05, 0) is 94.2 Å². The fourth-order valence-corrected chi connectivity index (χ4v) is 9.16. The molecule has 11 rings (SSSR count). The highest BCUT2D eigenvalue weighted by atomic mass is 16.3. The molecule has 0 N–H and O–H groups in total. The van der Waals surface area contributed by atoms with Crippen molar-refractivity contribution in [2.45, 2.75) is 19.3 Å². The van der Waals surface area contributed by atoms with Gasteiger partial charge < -0.3 is 4.42 Å². The second kappa shape index (κ2) is 9.94. The predicted octanol–water partition coefficient (Wildman–Crippen LogP) is 13.8. The van der Waals surface area contributed by atoms with Crippen LogP contribution in [0.15, 0.2) is 162 Å². The Bertz CT molecular complexity index is 2990. The van der Waals surface area contributed by atoms with Crippen molar-refractivity contribution >= 4 is 65.0 Å². The van der Waals surface area contributed by atoms with Crippen molar-refractivity contribution in [2.75, 3.05) is 0 Å². The zero-order valence-corrected chi connectivity index (χ0v) is 27.9. The van der Waals surface area contributed by atoms with Gasteiger partial charge in [0.1, 0.15) is 11.2 Å². The molecule has 0 amide bonds. The molecule has 0 bridgehead atoms. The number of rotatable bonds is 3. The van der Waals surface area contributed by atoms with Crippen LogP contribution in [-0.4, -0.2) is 0 Å². The van der Waals surface area contributed by atoms with Gasteiger partial charge in [0, 0.05) is 21.8 Å². The van der Waals surface area contributed by atoms with Gasteiger partial charge >= 0.3 is 0 Å². The molecule has 0 saturated heterocycles. The van der Waals surface area contributed by atoms with E-state index in [9.17, 15) is 0 Å². The van der Waals surface area contributed by atoms with Crippen molar-refractivity contribution in [1.29, 1.82) is 0 Å². The molecule has 0 spiro atoms. The summed E-state index contributed by atoms with van der Waals surface area (Å²) in [5.74, 6) is 0. The molecule has 1 heterocycles. The van der Waals surface area contributed by atoms with E-state index < -0.39 is 0 Å². The third-order valence-corrected chi connectivity index (χ3v) is 11.4. The van der Waals surface area contributed by atoms with Gasteiger partial charge in [-0.15, -0.1) is 0 Å². The molecule has 0 atom stereocenters. The third-order valence-electron chi connectivity index (χ3n) is 11.4. The van der Waals surface area contributed by atoms with Gasteiger partial charge in [-0.2, -0.15) is 0 Å². The van der Waals surface area contributed by atoms with Crippen LogP contribution in [0.3, 0.4) is 0 Å². The lowest BCUT2D eigenvalue weighted by atomic mass is 9.81. The van der Waals surface area contributed by atoms with Crippen molar-refractivity contribution in [1.82, 2.24) is 0 Å². The SMILES string of the molecule is CC1(C)c2cccc3cc(-c4c5ccccc5c(-c5ccc(-c6cccc7c6oc6ccccc67)cc5)c5ccccc45)c4cccc1c4c23. The number of para-hydroxylation sites is 2.